The smallest absolute Gasteiger partial charge is 0.246 e. The summed E-state index contributed by atoms with van der Waals surface area (Å²) < 4.78 is 5.26. The van der Waals surface area contributed by atoms with Crippen molar-refractivity contribution >= 4 is 17.0 Å². The number of hydrogen-bond acceptors (Lipinski definition) is 5. The maximum Gasteiger partial charge on any atom is 0.246 e. The fourth-order valence-electron chi connectivity index (χ4n) is 2.00. The summed E-state index contributed by atoms with van der Waals surface area (Å²) in [6, 6.07) is 12.4. The van der Waals surface area contributed by atoms with Gasteiger partial charge in [-0.2, -0.15) is 4.98 Å². The summed E-state index contributed by atoms with van der Waals surface area (Å²) in [6.07, 6.45) is 0. The van der Waals surface area contributed by atoms with E-state index in [2.05, 4.69) is 53.6 Å². The number of hydrogen-bond donors (Lipinski definition) is 1. The van der Waals surface area contributed by atoms with Gasteiger partial charge in [-0.05, 0) is 35.1 Å². The molecule has 1 aromatic carbocycles. The Kier molecular flexibility index (Phi) is 4.01. The molecule has 5 heteroatoms. The monoisotopic (exact) mass is 299 g/mol. The molecule has 2 heterocycles. The van der Waals surface area contributed by atoms with Crippen LogP contribution in [0, 0.1) is 0 Å². The van der Waals surface area contributed by atoms with Crippen LogP contribution in [0.5, 0.6) is 0 Å². The van der Waals surface area contributed by atoms with Crippen molar-refractivity contribution < 1.29 is 4.52 Å². The highest BCUT2D eigenvalue weighted by Gasteiger charge is 2.09. The second kappa shape index (κ2) is 6.10. The van der Waals surface area contributed by atoms with Gasteiger partial charge in [-0.25, -0.2) is 0 Å². The Morgan fingerprint density at radius 2 is 2.00 bits per heavy atom. The first-order chi connectivity index (χ1) is 10.2. The molecule has 0 saturated carbocycles. The van der Waals surface area contributed by atoms with Gasteiger partial charge in [0.25, 0.3) is 0 Å². The fourth-order valence-corrected chi connectivity index (χ4v) is 2.65. The molecule has 0 fully saturated rings. The van der Waals surface area contributed by atoms with Gasteiger partial charge in [0, 0.05) is 5.69 Å². The van der Waals surface area contributed by atoms with Crippen LogP contribution in [-0.2, 0) is 6.54 Å². The van der Waals surface area contributed by atoms with Crippen LogP contribution in [0.2, 0.25) is 0 Å². The second-order valence-electron chi connectivity index (χ2n) is 5.12. The van der Waals surface area contributed by atoms with Gasteiger partial charge in [-0.1, -0.05) is 37.2 Å². The average Bonchev–Trinajstić information content (AvgIpc) is 3.16. The standard InChI is InChI=1S/C16H17N3OS/c1-11(2)12-5-7-13(8-6-12)17-10-15-18-16(19-20-15)14-4-3-9-21-14/h3-9,11,17H,10H2,1-2H3. The zero-order valence-corrected chi connectivity index (χ0v) is 12.9. The Labute approximate surface area is 127 Å². The summed E-state index contributed by atoms with van der Waals surface area (Å²) >= 11 is 1.60. The molecule has 4 nitrogen and oxygen atoms in total. The number of nitrogens with one attached hydrogen (secondary N) is 1. The van der Waals surface area contributed by atoms with E-state index in [9.17, 15) is 0 Å². The Balaban J connectivity index is 1.62. The zero-order chi connectivity index (χ0) is 14.7. The molecule has 0 aliphatic rings. The second-order valence-corrected chi connectivity index (χ2v) is 6.07. The van der Waals surface area contributed by atoms with Crippen LogP contribution in [0.25, 0.3) is 10.7 Å². The molecule has 0 unspecified atom stereocenters. The predicted octanol–water partition coefficient (Wildman–Crippen LogP) is 4.53. The molecule has 0 saturated heterocycles. The summed E-state index contributed by atoms with van der Waals surface area (Å²) in [4.78, 5) is 5.40. The topological polar surface area (TPSA) is 51.0 Å². The molecular weight excluding hydrogens is 282 g/mol. The molecule has 0 aliphatic carbocycles. The highest BCUT2D eigenvalue weighted by Crippen LogP contribution is 2.22. The molecule has 0 aliphatic heterocycles. The third-order valence-corrected chi connectivity index (χ3v) is 4.10. The van der Waals surface area contributed by atoms with Crippen molar-refractivity contribution in [3.05, 3.63) is 53.2 Å². The van der Waals surface area contributed by atoms with Gasteiger partial charge >= 0.3 is 0 Å². The minimum atomic E-state index is 0.527. The molecule has 108 valence electrons. The van der Waals surface area contributed by atoms with Crippen molar-refractivity contribution in [3.63, 3.8) is 0 Å². The van der Waals surface area contributed by atoms with Crippen molar-refractivity contribution in [2.45, 2.75) is 26.3 Å². The first kappa shape index (κ1) is 13.8. The normalized spacial score (nSPS) is 11.0. The van der Waals surface area contributed by atoms with Crippen LogP contribution in [0.15, 0.2) is 46.3 Å². The summed E-state index contributed by atoms with van der Waals surface area (Å²) in [6.45, 7) is 4.90. The Morgan fingerprint density at radius 3 is 2.67 bits per heavy atom. The lowest BCUT2D eigenvalue weighted by Gasteiger charge is -2.07. The van der Waals surface area contributed by atoms with Crippen LogP contribution in [0.3, 0.4) is 0 Å². The fraction of sp³-hybridized carbons (Fsp3) is 0.250. The summed E-state index contributed by atoms with van der Waals surface area (Å²) in [5.41, 5.74) is 2.38. The maximum absolute atomic E-state index is 5.26. The molecule has 0 amide bonds. The third kappa shape index (κ3) is 3.31. The van der Waals surface area contributed by atoms with Gasteiger partial charge in [0.2, 0.25) is 11.7 Å². The van der Waals surface area contributed by atoms with E-state index >= 15 is 0 Å². The van der Waals surface area contributed by atoms with Gasteiger partial charge in [-0.3, -0.25) is 0 Å². The van der Waals surface area contributed by atoms with Gasteiger partial charge in [-0.15, -0.1) is 11.3 Å². The highest BCUT2D eigenvalue weighted by molar-refractivity contribution is 7.13. The number of rotatable bonds is 5. The van der Waals surface area contributed by atoms with Crippen molar-refractivity contribution in [2.24, 2.45) is 0 Å². The molecule has 0 atom stereocenters. The van der Waals surface area contributed by atoms with Crippen molar-refractivity contribution in [1.82, 2.24) is 10.1 Å². The predicted molar refractivity (Wildman–Crippen MR) is 85.5 cm³/mol. The van der Waals surface area contributed by atoms with Crippen LogP contribution in [0.4, 0.5) is 5.69 Å². The number of anilines is 1. The zero-order valence-electron chi connectivity index (χ0n) is 12.0. The lowest BCUT2D eigenvalue weighted by atomic mass is 10.0. The number of benzene rings is 1. The van der Waals surface area contributed by atoms with E-state index in [1.165, 1.54) is 5.56 Å². The SMILES string of the molecule is CC(C)c1ccc(NCc2nc(-c3cccs3)no2)cc1. The van der Waals surface area contributed by atoms with Crippen LogP contribution in [0.1, 0.15) is 31.2 Å². The Hall–Kier alpha value is -2.14. The molecule has 0 radical (unpaired) electrons. The van der Waals surface area contributed by atoms with E-state index in [4.69, 9.17) is 4.52 Å². The van der Waals surface area contributed by atoms with Crippen LogP contribution >= 0.6 is 11.3 Å². The van der Waals surface area contributed by atoms with Crippen molar-refractivity contribution in [2.75, 3.05) is 5.32 Å². The largest absolute Gasteiger partial charge is 0.376 e. The van der Waals surface area contributed by atoms with Gasteiger partial charge in [0.15, 0.2) is 0 Å². The number of aromatic nitrogens is 2. The van der Waals surface area contributed by atoms with E-state index in [-0.39, 0.29) is 0 Å². The molecular formula is C16H17N3OS. The van der Waals surface area contributed by atoms with E-state index < -0.39 is 0 Å². The minimum absolute atomic E-state index is 0.527. The van der Waals surface area contributed by atoms with Gasteiger partial charge in [0.05, 0.1) is 11.4 Å². The molecule has 0 spiro atoms. The van der Waals surface area contributed by atoms with Gasteiger partial charge < -0.3 is 9.84 Å². The van der Waals surface area contributed by atoms with E-state index in [1.54, 1.807) is 11.3 Å². The Bertz CT molecular complexity index is 687. The first-order valence-corrected chi connectivity index (χ1v) is 7.80. The average molecular weight is 299 g/mol. The van der Waals surface area contributed by atoms with Gasteiger partial charge in [0.1, 0.15) is 0 Å². The lowest BCUT2D eigenvalue weighted by Crippen LogP contribution is -2.00. The van der Waals surface area contributed by atoms with Crippen molar-refractivity contribution in [3.8, 4) is 10.7 Å². The summed E-state index contributed by atoms with van der Waals surface area (Å²) in [7, 11) is 0. The molecule has 3 rings (SSSR count). The number of nitrogens with zero attached hydrogens (tertiary/aromatic N) is 2. The summed E-state index contributed by atoms with van der Waals surface area (Å²) in [5, 5.41) is 9.29. The van der Waals surface area contributed by atoms with E-state index in [0.29, 0.717) is 24.2 Å². The lowest BCUT2D eigenvalue weighted by molar-refractivity contribution is 0.384. The molecule has 2 aromatic heterocycles. The summed E-state index contributed by atoms with van der Waals surface area (Å²) in [5.74, 6) is 1.78. The van der Waals surface area contributed by atoms with E-state index in [1.807, 2.05) is 17.5 Å². The number of thiophene rings is 1. The quantitative estimate of drug-likeness (QED) is 0.751. The Morgan fingerprint density at radius 1 is 1.19 bits per heavy atom. The maximum atomic E-state index is 5.26. The van der Waals surface area contributed by atoms with E-state index in [0.717, 1.165) is 10.6 Å². The van der Waals surface area contributed by atoms with Crippen molar-refractivity contribution in [1.29, 1.82) is 0 Å². The van der Waals surface area contributed by atoms with Crippen LogP contribution < -0.4 is 5.32 Å². The third-order valence-electron chi connectivity index (χ3n) is 3.23. The highest BCUT2D eigenvalue weighted by atomic mass is 32.1. The molecule has 3 aromatic rings. The molecule has 0 bridgehead atoms. The molecule has 21 heavy (non-hydrogen) atoms. The minimum Gasteiger partial charge on any atom is -0.376 e. The van der Waals surface area contributed by atoms with Crippen LogP contribution in [-0.4, -0.2) is 10.1 Å². The first-order valence-electron chi connectivity index (χ1n) is 6.92. The molecule has 1 N–H and O–H groups in total.